The topological polar surface area (TPSA) is 88.5 Å². The van der Waals surface area contributed by atoms with E-state index < -0.39 is 11.6 Å². The summed E-state index contributed by atoms with van der Waals surface area (Å²) in [6, 6.07) is 7.55. The summed E-state index contributed by atoms with van der Waals surface area (Å²) >= 11 is 13.4. The van der Waals surface area contributed by atoms with Gasteiger partial charge in [0.1, 0.15) is 5.82 Å². The van der Waals surface area contributed by atoms with E-state index in [1.54, 1.807) is 12.1 Å². The second kappa shape index (κ2) is 13.0. The highest BCUT2D eigenvalue weighted by molar-refractivity contribution is 6.36. The van der Waals surface area contributed by atoms with Crippen LogP contribution in [0.1, 0.15) is 73.8 Å². The summed E-state index contributed by atoms with van der Waals surface area (Å²) in [6.07, 6.45) is 4.55. The van der Waals surface area contributed by atoms with Crippen molar-refractivity contribution in [3.63, 3.8) is 0 Å². The molecular formula is C32H40Cl2FN5O3. The highest BCUT2D eigenvalue weighted by atomic mass is 35.5. The van der Waals surface area contributed by atoms with E-state index in [9.17, 15) is 14.0 Å². The van der Waals surface area contributed by atoms with Gasteiger partial charge in [-0.15, -0.1) is 0 Å². The van der Waals surface area contributed by atoms with Crippen LogP contribution < -0.4 is 15.5 Å². The smallest absolute Gasteiger partial charge is 0.257 e. The number of amides is 2. The summed E-state index contributed by atoms with van der Waals surface area (Å²) in [5.74, 6) is 0.623. The fraction of sp³-hybridized carbons (Fsp3) is 0.531. The molecule has 2 aromatic carbocycles. The van der Waals surface area contributed by atoms with Gasteiger partial charge in [0, 0.05) is 44.2 Å². The van der Waals surface area contributed by atoms with Gasteiger partial charge in [-0.2, -0.15) is 0 Å². The van der Waals surface area contributed by atoms with Crippen LogP contribution in [0.25, 0.3) is 11.0 Å². The van der Waals surface area contributed by atoms with E-state index in [-0.39, 0.29) is 18.5 Å². The van der Waals surface area contributed by atoms with Crippen molar-refractivity contribution in [2.24, 2.45) is 13.0 Å². The maximum atomic E-state index is 14.0. The third kappa shape index (κ3) is 7.10. The zero-order chi connectivity index (χ0) is 30.9. The number of imidazole rings is 1. The van der Waals surface area contributed by atoms with Gasteiger partial charge in [-0.3, -0.25) is 9.59 Å². The van der Waals surface area contributed by atoms with Gasteiger partial charge < -0.3 is 24.8 Å². The van der Waals surface area contributed by atoms with Crippen molar-refractivity contribution in [3.05, 3.63) is 56.8 Å². The van der Waals surface area contributed by atoms with Crippen molar-refractivity contribution in [2.45, 2.75) is 71.1 Å². The van der Waals surface area contributed by atoms with Crippen LogP contribution in [0.5, 0.6) is 0 Å². The predicted molar refractivity (Wildman–Crippen MR) is 169 cm³/mol. The minimum atomic E-state index is -2.00. The van der Waals surface area contributed by atoms with E-state index in [2.05, 4.69) is 22.5 Å². The molecule has 0 unspecified atom stereocenters. The zero-order valence-corrected chi connectivity index (χ0v) is 26.7. The van der Waals surface area contributed by atoms with Gasteiger partial charge in [0.25, 0.3) is 11.8 Å². The second-order valence-electron chi connectivity index (χ2n) is 12.3. The summed E-state index contributed by atoms with van der Waals surface area (Å²) < 4.78 is 21.6. The van der Waals surface area contributed by atoms with Crippen molar-refractivity contribution >= 4 is 51.7 Å². The van der Waals surface area contributed by atoms with Gasteiger partial charge in [-0.05, 0) is 74.8 Å². The lowest BCUT2D eigenvalue weighted by Gasteiger charge is -2.31. The summed E-state index contributed by atoms with van der Waals surface area (Å²) in [6.45, 7) is 7.36. The first-order valence-corrected chi connectivity index (χ1v) is 15.7. The van der Waals surface area contributed by atoms with E-state index in [1.807, 2.05) is 23.7 Å². The van der Waals surface area contributed by atoms with Gasteiger partial charge in [-0.1, -0.05) is 36.2 Å². The van der Waals surface area contributed by atoms with Crippen LogP contribution in [-0.4, -0.2) is 59.4 Å². The number of carbonyl (C=O) groups is 2. The number of rotatable bonds is 8. The monoisotopic (exact) mass is 631 g/mol. The molecule has 2 heterocycles. The molecular weight excluding hydrogens is 592 g/mol. The average molecular weight is 633 g/mol. The molecule has 2 aliphatic rings. The Labute approximate surface area is 262 Å². The summed E-state index contributed by atoms with van der Waals surface area (Å²) in [5.41, 5.74) is 2.37. The standard InChI is InChI=1S/C32H40Cl2FN5O3/c1-19-5-8-21(9-6-19)37-30(41)23-15-25-27(17-26(23)40-11-13-43-14-12-40)39(4)28(38-25)16-22-24(33)10-7-20(29(22)34)18-36-31(42)32(2,3)35/h7,10,15,17,19,21H,5-6,8-9,11-14,16,18H2,1-4H3,(H,36,42)(H,37,41). The normalized spacial score (nSPS) is 19.5. The number of nitrogens with zero attached hydrogens (tertiary/aromatic N) is 3. The van der Waals surface area contributed by atoms with Crippen LogP contribution in [-0.2, 0) is 29.5 Å². The predicted octanol–water partition coefficient (Wildman–Crippen LogP) is 5.98. The van der Waals surface area contributed by atoms with Crippen LogP contribution in [0.3, 0.4) is 0 Å². The van der Waals surface area contributed by atoms with Gasteiger partial charge in [0.2, 0.25) is 0 Å². The third-order valence-electron chi connectivity index (χ3n) is 8.62. The number of hydrogen-bond acceptors (Lipinski definition) is 5. The molecule has 2 fully saturated rings. The number of ether oxygens (including phenoxy) is 1. The molecule has 5 rings (SSSR count). The molecule has 11 heteroatoms. The number of fused-ring (bicyclic) bond motifs is 1. The maximum Gasteiger partial charge on any atom is 0.257 e. The van der Waals surface area contributed by atoms with E-state index >= 15 is 0 Å². The molecule has 0 radical (unpaired) electrons. The molecule has 2 amide bonds. The molecule has 1 aliphatic carbocycles. The van der Waals surface area contributed by atoms with E-state index in [0.29, 0.717) is 70.9 Å². The molecule has 8 nitrogen and oxygen atoms in total. The number of benzene rings is 2. The minimum Gasteiger partial charge on any atom is -0.378 e. The molecule has 1 aliphatic heterocycles. The van der Waals surface area contributed by atoms with Crippen LogP contribution >= 0.6 is 23.2 Å². The fourth-order valence-electron chi connectivity index (χ4n) is 5.84. The van der Waals surface area contributed by atoms with Crippen molar-refractivity contribution in [2.75, 3.05) is 31.2 Å². The molecule has 1 saturated carbocycles. The number of carbonyl (C=O) groups excluding carboxylic acids is 2. The highest BCUT2D eigenvalue weighted by Crippen LogP contribution is 2.33. The molecule has 0 spiro atoms. The molecule has 2 N–H and O–H groups in total. The first-order valence-electron chi connectivity index (χ1n) is 15.0. The zero-order valence-electron chi connectivity index (χ0n) is 25.2. The van der Waals surface area contributed by atoms with E-state index in [0.717, 1.165) is 42.7 Å². The summed E-state index contributed by atoms with van der Waals surface area (Å²) in [5, 5.41) is 6.75. The van der Waals surface area contributed by atoms with Gasteiger partial charge in [0.15, 0.2) is 5.67 Å². The fourth-order valence-corrected chi connectivity index (χ4v) is 6.41. The number of halogens is 3. The molecule has 0 atom stereocenters. The average Bonchev–Trinajstić information content (AvgIpc) is 3.29. The van der Waals surface area contributed by atoms with Crippen LogP contribution in [0.4, 0.5) is 10.1 Å². The Balaban J connectivity index is 1.46. The lowest BCUT2D eigenvalue weighted by molar-refractivity contribution is -0.130. The summed E-state index contributed by atoms with van der Waals surface area (Å²) in [7, 11) is 1.94. The van der Waals surface area contributed by atoms with Crippen molar-refractivity contribution in [1.29, 1.82) is 0 Å². The van der Waals surface area contributed by atoms with Crippen molar-refractivity contribution < 1.29 is 18.7 Å². The molecule has 0 bridgehead atoms. The molecule has 1 saturated heterocycles. The SMILES string of the molecule is CC1CCC(NC(=O)c2cc3nc(Cc4c(Cl)ccc(CNC(=O)C(C)(C)F)c4Cl)n(C)c3cc2N2CCOCC2)CC1. The Morgan fingerprint density at radius 2 is 1.81 bits per heavy atom. The van der Waals surface area contributed by atoms with Crippen molar-refractivity contribution in [1.82, 2.24) is 20.2 Å². The number of nitrogens with one attached hydrogen (secondary N) is 2. The maximum absolute atomic E-state index is 14.0. The number of anilines is 1. The first kappa shape index (κ1) is 31.5. The van der Waals surface area contributed by atoms with Crippen LogP contribution in [0, 0.1) is 5.92 Å². The van der Waals surface area contributed by atoms with Crippen molar-refractivity contribution in [3.8, 4) is 0 Å². The Kier molecular flexibility index (Phi) is 9.54. The number of hydrogen-bond donors (Lipinski definition) is 2. The van der Waals surface area contributed by atoms with E-state index in [1.165, 1.54) is 13.8 Å². The van der Waals surface area contributed by atoms with Gasteiger partial charge >= 0.3 is 0 Å². The van der Waals surface area contributed by atoms with Gasteiger partial charge in [0.05, 0.1) is 40.5 Å². The number of aryl methyl sites for hydroxylation is 1. The number of aromatic nitrogens is 2. The molecule has 1 aromatic heterocycles. The van der Waals surface area contributed by atoms with Crippen LogP contribution in [0.2, 0.25) is 10.0 Å². The lowest BCUT2D eigenvalue weighted by atomic mass is 9.87. The number of alkyl halides is 1. The van der Waals surface area contributed by atoms with E-state index in [4.69, 9.17) is 32.9 Å². The lowest BCUT2D eigenvalue weighted by Crippen LogP contribution is -2.40. The third-order valence-corrected chi connectivity index (χ3v) is 9.44. The summed E-state index contributed by atoms with van der Waals surface area (Å²) in [4.78, 5) is 32.9. The number of morpholine rings is 1. The van der Waals surface area contributed by atoms with Gasteiger partial charge in [-0.25, -0.2) is 9.37 Å². The highest BCUT2D eigenvalue weighted by Gasteiger charge is 2.28. The molecule has 232 valence electrons. The Bertz CT molecular complexity index is 1510. The first-order chi connectivity index (χ1) is 20.4. The largest absolute Gasteiger partial charge is 0.378 e. The second-order valence-corrected chi connectivity index (χ2v) is 13.1. The molecule has 3 aromatic rings. The van der Waals surface area contributed by atoms with Crippen LogP contribution in [0.15, 0.2) is 24.3 Å². The quantitative estimate of drug-likeness (QED) is 0.319. The Morgan fingerprint density at radius 1 is 1.12 bits per heavy atom. The Hall–Kier alpha value is -2.88. The Morgan fingerprint density at radius 3 is 2.49 bits per heavy atom. The minimum absolute atomic E-state index is 0.0685. The molecule has 43 heavy (non-hydrogen) atoms.